The summed E-state index contributed by atoms with van der Waals surface area (Å²) in [6, 6.07) is 12.8. The molecule has 0 amide bonds. The Balaban J connectivity index is 0.00000150. The molecule has 8 heteroatoms. The first-order valence-corrected chi connectivity index (χ1v) is 10.7. The molecule has 5 nitrogen and oxygen atoms in total. The molecule has 2 aliphatic heterocycles. The minimum Gasteiger partial charge on any atom is -0.395 e. The van der Waals surface area contributed by atoms with Crippen molar-refractivity contribution in [3.05, 3.63) is 42.6 Å². The Hall–Kier alpha value is -1.02. The fourth-order valence-corrected chi connectivity index (χ4v) is 5.02. The predicted molar refractivity (Wildman–Crippen MR) is 126 cm³/mol. The van der Waals surface area contributed by atoms with Gasteiger partial charge in [-0.2, -0.15) is 0 Å². The zero-order chi connectivity index (χ0) is 18.5. The van der Waals surface area contributed by atoms with Crippen LogP contribution in [0, 0.1) is 0 Å². The van der Waals surface area contributed by atoms with Crippen LogP contribution in [-0.4, -0.2) is 72.3 Å². The number of aliphatic hydroxyl groups excluding tert-OH is 1. The highest BCUT2D eigenvalue weighted by Gasteiger charge is 2.24. The Labute approximate surface area is 190 Å². The van der Waals surface area contributed by atoms with Gasteiger partial charge in [-0.05, 0) is 56.7 Å². The lowest BCUT2D eigenvalue weighted by Crippen LogP contribution is -2.34. The van der Waals surface area contributed by atoms with Crippen molar-refractivity contribution < 1.29 is 5.11 Å². The predicted octanol–water partition coefficient (Wildman–Crippen LogP) is 3.92. The van der Waals surface area contributed by atoms with Crippen LogP contribution in [0.4, 0.5) is 11.5 Å². The number of hydrogen-bond acceptors (Lipinski definition) is 6. The van der Waals surface area contributed by atoms with Gasteiger partial charge in [-0.1, -0.05) is 23.9 Å². The van der Waals surface area contributed by atoms with Crippen molar-refractivity contribution in [2.45, 2.75) is 22.6 Å². The molecule has 4 rings (SSSR count). The lowest BCUT2D eigenvalue weighted by molar-refractivity contribution is 0.196. The number of hydrogen-bond donors (Lipinski definition) is 1. The fraction of sp³-hybridized carbons (Fsp3) is 0.476. The van der Waals surface area contributed by atoms with E-state index in [9.17, 15) is 0 Å². The molecule has 1 fully saturated rings. The number of para-hydroxylation sites is 1. The number of fused-ring (bicyclic) bond motifs is 2. The molecule has 1 aromatic carbocycles. The minimum absolute atomic E-state index is 0. The van der Waals surface area contributed by atoms with Gasteiger partial charge in [-0.15, -0.1) is 24.8 Å². The molecular weight excluding hydrogens is 427 g/mol. The molecule has 3 heterocycles. The van der Waals surface area contributed by atoms with Crippen LogP contribution in [0.1, 0.15) is 12.8 Å². The lowest BCUT2D eigenvalue weighted by atomic mass is 10.2. The molecule has 29 heavy (non-hydrogen) atoms. The number of pyridine rings is 1. The third-order valence-corrected chi connectivity index (χ3v) is 6.44. The monoisotopic (exact) mass is 456 g/mol. The number of anilines is 2. The molecule has 0 unspecified atom stereocenters. The Kier molecular flexibility index (Phi) is 10.0. The molecule has 0 atom stereocenters. The van der Waals surface area contributed by atoms with Gasteiger partial charge in [-0.25, -0.2) is 4.98 Å². The molecule has 1 N–H and O–H groups in total. The van der Waals surface area contributed by atoms with Crippen LogP contribution < -0.4 is 4.90 Å². The molecule has 160 valence electrons. The van der Waals surface area contributed by atoms with E-state index < -0.39 is 0 Å². The second-order valence-electron chi connectivity index (χ2n) is 7.16. The maximum absolute atomic E-state index is 9.15. The smallest absolute Gasteiger partial charge is 0.147 e. The van der Waals surface area contributed by atoms with Crippen LogP contribution in [0.2, 0.25) is 0 Å². The summed E-state index contributed by atoms with van der Waals surface area (Å²) in [7, 11) is 0. The first-order valence-electron chi connectivity index (χ1n) is 9.90. The number of nitrogens with zero attached hydrogens (tertiary/aromatic N) is 4. The summed E-state index contributed by atoms with van der Waals surface area (Å²) in [5.74, 6) is 1.09. The van der Waals surface area contributed by atoms with Crippen molar-refractivity contribution in [2.24, 2.45) is 0 Å². The Bertz CT molecular complexity index is 721. The fourth-order valence-electron chi connectivity index (χ4n) is 3.96. The average Bonchev–Trinajstić information content (AvgIpc) is 2.93. The number of rotatable bonds is 6. The van der Waals surface area contributed by atoms with E-state index in [1.807, 2.05) is 24.0 Å². The highest BCUT2D eigenvalue weighted by atomic mass is 35.5. The molecule has 0 radical (unpaired) electrons. The quantitative estimate of drug-likeness (QED) is 0.710. The SMILES string of the molecule is Cl.Cl.OCCN1CCCN(CCCN2c3ccccc3Sc3cccnc32)CC1. The summed E-state index contributed by atoms with van der Waals surface area (Å²) in [6.07, 6.45) is 4.20. The largest absolute Gasteiger partial charge is 0.395 e. The van der Waals surface area contributed by atoms with Crippen molar-refractivity contribution >= 4 is 48.1 Å². The van der Waals surface area contributed by atoms with Crippen LogP contribution in [0.25, 0.3) is 0 Å². The third-order valence-electron chi connectivity index (χ3n) is 5.34. The number of aromatic nitrogens is 1. The van der Waals surface area contributed by atoms with Gasteiger partial charge in [0, 0.05) is 37.3 Å². The molecule has 2 aromatic rings. The highest BCUT2D eigenvalue weighted by Crippen LogP contribution is 2.46. The van der Waals surface area contributed by atoms with E-state index in [0.29, 0.717) is 0 Å². The van der Waals surface area contributed by atoms with Gasteiger partial charge in [0.25, 0.3) is 0 Å². The summed E-state index contributed by atoms with van der Waals surface area (Å²) < 4.78 is 0. The van der Waals surface area contributed by atoms with Gasteiger partial charge in [0.15, 0.2) is 0 Å². The zero-order valence-electron chi connectivity index (χ0n) is 16.6. The first-order chi connectivity index (χ1) is 13.3. The van der Waals surface area contributed by atoms with Gasteiger partial charge in [0.1, 0.15) is 5.82 Å². The Morgan fingerprint density at radius 3 is 2.38 bits per heavy atom. The topological polar surface area (TPSA) is 42.8 Å². The van der Waals surface area contributed by atoms with Crippen molar-refractivity contribution in [1.82, 2.24) is 14.8 Å². The Morgan fingerprint density at radius 1 is 0.862 bits per heavy atom. The zero-order valence-corrected chi connectivity index (χ0v) is 19.0. The maximum atomic E-state index is 9.15. The first kappa shape index (κ1) is 24.3. The molecule has 2 aliphatic rings. The van der Waals surface area contributed by atoms with E-state index in [0.717, 1.165) is 58.1 Å². The average molecular weight is 457 g/mol. The van der Waals surface area contributed by atoms with Gasteiger partial charge < -0.3 is 14.9 Å². The third kappa shape index (κ3) is 6.00. The second kappa shape index (κ2) is 12.0. The van der Waals surface area contributed by atoms with Gasteiger partial charge in [0.2, 0.25) is 0 Å². The van der Waals surface area contributed by atoms with E-state index in [1.54, 1.807) is 0 Å². The lowest BCUT2D eigenvalue weighted by Gasteiger charge is -2.32. The number of benzene rings is 1. The second-order valence-corrected chi connectivity index (χ2v) is 8.24. The normalized spacial score (nSPS) is 16.8. The van der Waals surface area contributed by atoms with E-state index >= 15 is 0 Å². The van der Waals surface area contributed by atoms with E-state index in [2.05, 4.69) is 50.0 Å². The Morgan fingerprint density at radius 2 is 1.59 bits per heavy atom. The summed E-state index contributed by atoms with van der Waals surface area (Å²) in [4.78, 5) is 14.6. The van der Waals surface area contributed by atoms with Crippen LogP contribution in [0.5, 0.6) is 0 Å². The summed E-state index contributed by atoms with van der Waals surface area (Å²) in [5, 5.41) is 9.15. The number of β-amino-alcohol motifs (C(OH)–C–C–N with tert-alkyl or cyclic N) is 1. The van der Waals surface area contributed by atoms with Crippen molar-refractivity contribution in [1.29, 1.82) is 0 Å². The van der Waals surface area contributed by atoms with Crippen molar-refractivity contribution in [2.75, 3.05) is 57.3 Å². The van der Waals surface area contributed by atoms with Crippen LogP contribution in [-0.2, 0) is 0 Å². The molecule has 0 saturated carbocycles. The summed E-state index contributed by atoms with van der Waals surface area (Å²) in [6.45, 7) is 7.58. The van der Waals surface area contributed by atoms with Crippen LogP contribution in [0.3, 0.4) is 0 Å². The van der Waals surface area contributed by atoms with Crippen molar-refractivity contribution in [3.63, 3.8) is 0 Å². The number of halogens is 2. The van der Waals surface area contributed by atoms with Gasteiger partial charge in [-0.3, -0.25) is 4.90 Å². The van der Waals surface area contributed by atoms with Gasteiger partial charge in [0.05, 0.1) is 17.2 Å². The number of aliphatic hydroxyl groups is 1. The van der Waals surface area contributed by atoms with Gasteiger partial charge >= 0.3 is 0 Å². The highest BCUT2D eigenvalue weighted by molar-refractivity contribution is 7.99. The molecule has 0 aliphatic carbocycles. The molecular formula is C21H30Cl2N4OS. The molecule has 1 saturated heterocycles. The summed E-state index contributed by atoms with van der Waals surface area (Å²) >= 11 is 1.81. The summed E-state index contributed by atoms with van der Waals surface area (Å²) in [5.41, 5.74) is 1.28. The van der Waals surface area contributed by atoms with E-state index in [1.165, 1.54) is 21.9 Å². The standard InChI is InChI=1S/C21H28N4OS.2ClH/c26-17-16-24-11-4-10-23(14-15-24)12-5-13-25-18-6-1-2-7-19(18)27-20-8-3-9-22-21(20)25;;/h1-3,6-9,26H,4-5,10-17H2;2*1H. The van der Waals surface area contributed by atoms with E-state index in [4.69, 9.17) is 5.11 Å². The minimum atomic E-state index is 0. The molecule has 0 spiro atoms. The maximum Gasteiger partial charge on any atom is 0.147 e. The molecule has 0 bridgehead atoms. The van der Waals surface area contributed by atoms with Crippen LogP contribution in [0.15, 0.2) is 52.4 Å². The van der Waals surface area contributed by atoms with Crippen molar-refractivity contribution in [3.8, 4) is 0 Å². The molecule has 1 aromatic heterocycles. The van der Waals surface area contributed by atoms with E-state index in [-0.39, 0.29) is 31.4 Å². The van der Waals surface area contributed by atoms with Crippen LogP contribution >= 0.6 is 36.6 Å².